The maximum absolute atomic E-state index is 13.2. The third-order valence-electron chi connectivity index (χ3n) is 5.59. The van der Waals surface area contributed by atoms with Gasteiger partial charge in [0.25, 0.3) is 10.0 Å². The van der Waals surface area contributed by atoms with Gasteiger partial charge in [0.2, 0.25) is 5.91 Å². The number of carbonyl (C=O) groups excluding carboxylic acids is 1. The molecule has 0 radical (unpaired) electrons. The second kappa shape index (κ2) is 8.55. The van der Waals surface area contributed by atoms with Gasteiger partial charge >= 0.3 is 0 Å². The van der Waals surface area contributed by atoms with E-state index in [0.717, 1.165) is 16.9 Å². The van der Waals surface area contributed by atoms with Crippen LogP contribution in [0.4, 0.5) is 0 Å². The van der Waals surface area contributed by atoms with Gasteiger partial charge < -0.3 is 9.64 Å². The lowest BCUT2D eigenvalue weighted by Crippen LogP contribution is -2.49. The number of morpholine rings is 1. The van der Waals surface area contributed by atoms with Gasteiger partial charge in [0.15, 0.2) is 0 Å². The lowest BCUT2D eigenvalue weighted by atomic mass is 9.97. The summed E-state index contributed by atoms with van der Waals surface area (Å²) in [6.45, 7) is 4.18. The SMILES string of the molecule is Cc1ccc(S(=O)(=O)N2CCCC(C(=O)N3CCOC(c4ccccc4)C3)C2)s1. The van der Waals surface area contributed by atoms with Crippen molar-refractivity contribution in [3.05, 3.63) is 52.9 Å². The topological polar surface area (TPSA) is 66.9 Å². The van der Waals surface area contributed by atoms with Crippen molar-refractivity contribution in [2.24, 2.45) is 5.92 Å². The van der Waals surface area contributed by atoms with Gasteiger partial charge in [-0.05, 0) is 37.5 Å². The molecule has 0 spiro atoms. The fourth-order valence-corrected chi connectivity index (χ4v) is 6.98. The Balaban J connectivity index is 1.44. The molecule has 2 fully saturated rings. The van der Waals surface area contributed by atoms with Crippen molar-refractivity contribution < 1.29 is 17.9 Å². The molecule has 0 aliphatic carbocycles. The second-order valence-electron chi connectivity index (χ2n) is 7.62. The third kappa shape index (κ3) is 4.40. The molecule has 156 valence electrons. The summed E-state index contributed by atoms with van der Waals surface area (Å²) in [5.41, 5.74) is 1.06. The predicted octanol–water partition coefficient (Wildman–Crippen LogP) is 3.06. The van der Waals surface area contributed by atoms with Crippen molar-refractivity contribution in [2.45, 2.75) is 30.1 Å². The first-order valence-electron chi connectivity index (χ1n) is 9.97. The molecular formula is C21H26N2O4S2. The summed E-state index contributed by atoms with van der Waals surface area (Å²) in [6, 6.07) is 13.4. The average molecular weight is 435 g/mol. The largest absolute Gasteiger partial charge is 0.370 e. The number of sulfonamides is 1. The Hall–Kier alpha value is -1.74. The molecule has 0 N–H and O–H groups in total. The summed E-state index contributed by atoms with van der Waals surface area (Å²) in [7, 11) is -3.54. The van der Waals surface area contributed by atoms with Crippen LogP contribution in [0.3, 0.4) is 0 Å². The molecule has 8 heteroatoms. The molecule has 2 aliphatic rings. The van der Waals surface area contributed by atoms with Crippen molar-refractivity contribution in [2.75, 3.05) is 32.8 Å². The van der Waals surface area contributed by atoms with Crippen LogP contribution < -0.4 is 0 Å². The van der Waals surface area contributed by atoms with Gasteiger partial charge in [-0.1, -0.05) is 30.3 Å². The van der Waals surface area contributed by atoms with Crippen LogP contribution in [0, 0.1) is 12.8 Å². The molecule has 2 aromatic rings. The molecule has 2 aliphatic heterocycles. The number of ether oxygens (including phenoxy) is 1. The molecule has 0 bridgehead atoms. The average Bonchev–Trinajstić information content (AvgIpc) is 3.21. The van der Waals surface area contributed by atoms with Crippen LogP contribution in [-0.4, -0.2) is 56.3 Å². The zero-order valence-corrected chi connectivity index (χ0v) is 18.1. The molecule has 4 rings (SSSR count). The van der Waals surface area contributed by atoms with Crippen LogP contribution >= 0.6 is 11.3 Å². The van der Waals surface area contributed by atoms with E-state index in [1.54, 1.807) is 6.07 Å². The highest BCUT2D eigenvalue weighted by molar-refractivity contribution is 7.91. The molecule has 2 atom stereocenters. The number of aryl methyl sites for hydroxylation is 1. The highest BCUT2D eigenvalue weighted by Gasteiger charge is 2.37. The van der Waals surface area contributed by atoms with Crippen LogP contribution in [0.5, 0.6) is 0 Å². The van der Waals surface area contributed by atoms with E-state index in [-0.39, 0.29) is 24.5 Å². The fraction of sp³-hybridized carbons (Fsp3) is 0.476. The van der Waals surface area contributed by atoms with Gasteiger partial charge in [-0.3, -0.25) is 4.79 Å². The van der Waals surface area contributed by atoms with Gasteiger partial charge in [0.05, 0.1) is 19.1 Å². The normalized spacial score (nSPS) is 23.8. The minimum Gasteiger partial charge on any atom is -0.370 e. The predicted molar refractivity (Wildman–Crippen MR) is 112 cm³/mol. The Labute approximate surface area is 176 Å². The lowest BCUT2D eigenvalue weighted by molar-refractivity contribution is -0.144. The monoisotopic (exact) mass is 434 g/mol. The first kappa shape index (κ1) is 20.5. The Morgan fingerprint density at radius 1 is 1.10 bits per heavy atom. The highest BCUT2D eigenvalue weighted by Crippen LogP contribution is 2.30. The molecule has 29 heavy (non-hydrogen) atoms. The summed E-state index contributed by atoms with van der Waals surface area (Å²) in [4.78, 5) is 16.0. The molecule has 6 nitrogen and oxygen atoms in total. The van der Waals surface area contributed by atoms with Gasteiger partial charge in [-0.15, -0.1) is 11.3 Å². The van der Waals surface area contributed by atoms with Crippen molar-refractivity contribution >= 4 is 27.3 Å². The summed E-state index contributed by atoms with van der Waals surface area (Å²) in [5.74, 6) is -0.259. The molecular weight excluding hydrogens is 408 g/mol. The van der Waals surface area contributed by atoms with Crippen molar-refractivity contribution in [3.8, 4) is 0 Å². The van der Waals surface area contributed by atoms with E-state index in [4.69, 9.17) is 4.74 Å². The molecule has 1 amide bonds. The Morgan fingerprint density at radius 3 is 2.62 bits per heavy atom. The Morgan fingerprint density at radius 2 is 1.90 bits per heavy atom. The van der Waals surface area contributed by atoms with Crippen LogP contribution in [-0.2, 0) is 19.6 Å². The van der Waals surface area contributed by atoms with Crippen molar-refractivity contribution in [1.82, 2.24) is 9.21 Å². The third-order valence-corrected chi connectivity index (χ3v) is 8.93. The van der Waals surface area contributed by atoms with E-state index in [1.807, 2.05) is 48.2 Å². The number of piperidine rings is 1. The van der Waals surface area contributed by atoms with E-state index < -0.39 is 10.0 Å². The molecule has 3 heterocycles. The molecule has 1 aromatic heterocycles. The summed E-state index contributed by atoms with van der Waals surface area (Å²) >= 11 is 1.28. The molecule has 0 saturated carbocycles. The zero-order valence-electron chi connectivity index (χ0n) is 16.5. The number of carbonyl (C=O) groups is 1. The van der Waals surface area contributed by atoms with Crippen molar-refractivity contribution in [1.29, 1.82) is 0 Å². The number of hydrogen-bond donors (Lipinski definition) is 0. The van der Waals surface area contributed by atoms with Gasteiger partial charge in [-0.25, -0.2) is 8.42 Å². The quantitative estimate of drug-likeness (QED) is 0.742. The Kier molecular flexibility index (Phi) is 6.06. The first-order valence-corrected chi connectivity index (χ1v) is 12.2. The lowest BCUT2D eigenvalue weighted by Gasteiger charge is -2.38. The number of amides is 1. The second-order valence-corrected chi connectivity index (χ2v) is 11.1. The van der Waals surface area contributed by atoms with Crippen LogP contribution in [0.25, 0.3) is 0 Å². The molecule has 1 aromatic carbocycles. The van der Waals surface area contributed by atoms with Gasteiger partial charge in [0, 0.05) is 24.5 Å². The van der Waals surface area contributed by atoms with Gasteiger partial charge in [-0.2, -0.15) is 4.31 Å². The highest BCUT2D eigenvalue weighted by atomic mass is 32.2. The number of nitrogens with zero attached hydrogens (tertiary/aromatic N) is 2. The van der Waals surface area contributed by atoms with E-state index in [1.165, 1.54) is 15.6 Å². The molecule has 2 saturated heterocycles. The van der Waals surface area contributed by atoms with E-state index >= 15 is 0 Å². The maximum Gasteiger partial charge on any atom is 0.252 e. The van der Waals surface area contributed by atoms with Gasteiger partial charge in [0.1, 0.15) is 10.3 Å². The van der Waals surface area contributed by atoms with Crippen LogP contribution in [0.15, 0.2) is 46.7 Å². The molecule has 2 unspecified atom stereocenters. The first-order chi connectivity index (χ1) is 13.9. The minimum absolute atomic E-state index is 0.0384. The summed E-state index contributed by atoms with van der Waals surface area (Å²) in [5, 5.41) is 0. The van der Waals surface area contributed by atoms with E-state index in [9.17, 15) is 13.2 Å². The van der Waals surface area contributed by atoms with E-state index in [0.29, 0.717) is 36.9 Å². The standard InChI is InChI=1S/C21H26N2O4S2/c1-16-9-10-20(28-16)29(25,26)23-11-5-8-18(14-23)21(24)22-12-13-27-19(15-22)17-6-3-2-4-7-17/h2-4,6-7,9-10,18-19H,5,8,11-15H2,1H3. The minimum atomic E-state index is -3.54. The summed E-state index contributed by atoms with van der Waals surface area (Å²) < 4.78 is 33.7. The Bertz CT molecular complexity index is 958. The van der Waals surface area contributed by atoms with Crippen LogP contribution in [0.1, 0.15) is 29.4 Å². The number of thiophene rings is 1. The number of benzene rings is 1. The van der Waals surface area contributed by atoms with Crippen molar-refractivity contribution in [3.63, 3.8) is 0 Å². The maximum atomic E-state index is 13.2. The summed E-state index contributed by atoms with van der Waals surface area (Å²) in [6.07, 6.45) is 1.29. The number of rotatable bonds is 4. The zero-order chi connectivity index (χ0) is 20.4. The smallest absolute Gasteiger partial charge is 0.252 e. The number of hydrogen-bond acceptors (Lipinski definition) is 5. The van der Waals surface area contributed by atoms with Crippen LogP contribution in [0.2, 0.25) is 0 Å². The fourth-order valence-electron chi connectivity index (χ4n) is 4.02. The van der Waals surface area contributed by atoms with E-state index in [2.05, 4.69) is 0 Å².